The number of nitrogens with zero attached hydrogens (tertiary/aromatic N) is 3. The number of benzene rings is 1. The number of aryl methyl sites for hydroxylation is 1. The molecule has 6 nitrogen and oxygen atoms in total. The number of anilines is 2. The third-order valence-corrected chi connectivity index (χ3v) is 3.61. The predicted octanol–water partition coefficient (Wildman–Crippen LogP) is 1.55. The van der Waals surface area contributed by atoms with Gasteiger partial charge in [-0.15, -0.1) is 0 Å². The van der Waals surface area contributed by atoms with E-state index < -0.39 is 11.7 Å². The maximum absolute atomic E-state index is 13.8. The lowest BCUT2D eigenvalue weighted by Gasteiger charge is -2.17. The summed E-state index contributed by atoms with van der Waals surface area (Å²) in [4.78, 5) is 25.6. The summed E-state index contributed by atoms with van der Waals surface area (Å²) in [6, 6.07) is 6.06. The fraction of sp³-hybridized carbons (Fsp3) is 0.267. The van der Waals surface area contributed by atoms with Crippen molar-refractivity contribution in [2.24, 2.45) is 13.0 Å². The average molecular weight is 302 g/mol. The van der Waals surface area contributed by atoms with Crippen molar-refractivity contribution in [3.8, 4) is 0 Å². The van der Waals surface area contributed by atoms with Crippen LogP contribution >= 0.6 is 0 Å². The van der Waals surface area contributed by atoms with Gasteiger partial charge in [0, 0.05) is 26.2 Å². The molecule has 2 heterocycles. The largest absolute Gasteiger partial charge is 0.323 e. The smallest absolute Gasteiger partial charge is 0.229 e. The molecule has 0 bridgehead atoms. The van der Waals surface area contributed by atoms with Gasteiger partial charge < -0.3 is 10.2 Å². The number of para-hydroxylation sites is 1. The molecule has 3 rings (SSSR count). The highest BCUT2D eigenvalue weighted by Crippen LogP contribution is 2.27. The summed E-state index contributed by atoms with van der Waals surface area (Å²) in [6.07, 6.45) is 3.27. The molecule has 1 aliphatic rings. The van der Waals surface area contributed by atoms with Gasteiger partial charge in [0.15, 0.2) is 0 Å². The van der Waals surface area contributed by atoms with E-state index in [9.17, 15) is 14.0 Å². The monoisotopic (exact) mass is 302 g/mol. The highest BCUT2D eigenvalue weighted by atomic mass is 19.1. The van der Waals surface area contributed by atoms with Crippen LogP contribution in [-0.2, 0) is 16.6 Å². The second-order valence-corrected chi connectivity index (χ2v) is 5.25. The van der Waals surface area contributed by atoms with Crippen molar-refractivity contribution in [1.82, 2.24) is 9.78 Å². The van der Waals surface area contributed by atoms with Crippen molar-refractivity contribution >= 4 is 23.2 Å². The van der Waals surface area contributed by atoms with E-state index in [-0.39, 0.29) is 30.5 Å². The quantitative estimate of drug-likeness (QED) is 0.935. The van der Waals surface area contributed by atoms with Gasteiger partial charge in [-0.1, -0.05) is 12.1 Å². The maximum atomic E-state index is 13.8. The predicted molar refractivity (Wildman–Crippen MR) is 78.7 cm³/mol. The van der Waals surface area contributed by atoms with E-state index in [4.69, 9.17) is 0 Å². The molecule has 1 aliphatic heterocycles. The summed E-state index contributed by atoms with van der Waals surface area (Å²) in [5, 5.41) is 6.68. The van der Waals surface area contributed by atoms with Crippen LogP contribution in [-0.4, -0.2) is 28.1 Å². The Bertz CT molecular complexity index is 728. The van der Waals surface area contributed by atoms with E-state index in [1.54, 1.807) is 30.1 Å². The molecule has 114 valence electrons. The van der Waals surface area contributed by atoms with Crippen LogP contribution in [0.2, 0.25) is 0 Å². The third-order valence-electron chi connectivity index (χ3n) is 3.61. The Kier molecular flexibility index (Phi) is 3.62. The molecule has 1 aromatic heterocycles. The number of rotatable bonds is 3. The molecule has 1 atom stereocenters. The van der Waals surface area contributed by atoms with E-state index >= 15 is 0 Å². The van der Waals surface area contributed by atoms with Crippen molar-refractivity contribution < 1.29 is 14.0 Å². The van der Waals surface area contributed by atoms with Crippen LogP contribution in [0.5, 0.6) is 0 Å². The lowest BCUT2D eigenvalue weighted by atomic mass is 10.1. The Balaban J connectivity index is 1.71. The fourth-order valence-electron chi connectivity index (χ4n) is 2.52. The second-order valence-electron chi connectivity index (χ2n) is 5.25. The van der Waals surface area contributed by atoms with Crippen molar-refractivity contribution in [3.05, 3.63) is 42.5 Å². The number of nitrogens with one attached hydrogen (secondary N) is 1. The van der Waals surface area contributed by atoms with Gasteiger partial charge in [0.1, 0.15) is 5.82 Å². The van der Waals surface area contributed by atoms with Gasteiger partial charge in [-0.2, -0.15) is 5.10 Å². The molecule has 2 aromatic rings. The second kappa shape index (κ2) is 5.59. The lowest BCUT2D eigenvalue weighted by molar-refractivity contribution is -0.122. The van der Waals surface area contributed by atoms with Crippen LogP contribution in [0, 0.1) is 11.7 Å². The standard InChI is InChI=1S/C15H15FN4O2/c1-19-9-11(7-17-19)18-15(22)10-6-14(21)20(8-10)13-5-3-2-4-12(13)16/h2-5,7,9-10H,6,8H2,1H3,(H,18,22)/t10-/m0/s1. The van der Waals surface area contributed by atoms with Crippen molar-refractivity contribution in [1.29, 1.82) is 0 Å². The molecule has 1 aromatic carbocycles. The SMILES string of the molecule is Cn1cc(NC(=O)[C@H]2CC(=O)N(c3ccccc3F)C2)cn1. The minimum atomic E-state index is -0.507. The summed E-state index contributed by atoms with van der Waals surface area (Å²) >= 11 is 0. The lowest BCUT2D eigenvalue weighted by Crippen LogP contribution is -2.28. The van der Waals surface area contributed by atoms with Gasteiger partial charge in [0.25, 0.3) is 0 Å². The van der Waals surface area contributed by atoms with Gasteiger partial charge in [-0.3, -0.25) is 14.3 Å². The first kappa shape index (κ1) is 14.2. The van der Waals surface area contributed by atoms with Crippen LogP contribution in [0.25, 0.3) is 0 Å². The number of halogens is 1. The zero-order valence-electron chi connectivity index (χ0n) is 12.0. The molecule has 2 amide bonds. The first-order valence-corrected chi connectivity index (χ1v) is 6.89. The molecule has 7 heteroatoms. The Hall–Kier alpha value is -2.70. The number of aromatic nitrogens is 2. The fourth-order valence-corrected chi connectivity index (χ4v) is 2.52. The van der Waals surface area contributed by atoms with Crippen molar-refractivity contribution in [2.75, 3.05) is 16.8 Å². The Morgan fingerprint density at radius 3 is 2.86 bits per heavy atom. The highest BCUT2D eigenvalue weighted by Gasteiger charge is 2.36. The minimum absolute atomic E-state index is 0.0699. The van der Waals surface area contributed by atoms with Crippen LogP contribution < -0.4 is 10.2 Å². The number of hydrogen-bond acceptors (Lipinski definition) is 3. The summed E-state index contributed by atoms with van der Waals surface area (Å²) in [5.41, 5.74) is 0.786. The Labute approximate surface area is 126 Å². The molecule has 1 fully saturated rings. The van der Waals surface area contributed by atoms with Gasteiger partial charge in [0.05, 0.1) is 23.5 Å². The molecule has 0 saturated carbocycles. The highest BCUT2D eigenvalue weighted by molar-refractivity contribution is 6.03. The van der Waals surface area contributed by atoms with Gasteiger partial charge in [0.2, 0.25) is 11.8 Å². The molecule has 0 spiro atoms. The number of hydrogen-bond donors (Lipinski definition) is 1. The van der Waals surface area contributed by atoms with Crippen LogP contribution in [0.4, 0.5) is 15.8 Å². The summed E-state index contributed by atoms with van der Waals surface area (Å²) < 4.78 is 15.4. The average Bonchev–Trinajstić information content (AvgIpc) is 3.06. The van der Waals surface area contributed by atoms with Gasteiger partial charge in [-0.05, 0) is 12.1 Å². The zero-order valence-corrected chi connectivity index (χ0v) is 12.0. The minimum Gasteiger partial charge on any atom is -0.323 e. The van der Waals surface area contributed by atoms with E-state index in [1.165, 1.54) is 23.2 Å². The molecular formula is C15H15FN4O2. The zero-order chi connectivity index (χ0) is 15.7. The first-order chi connectivity index (χ1) is 10.5. The normalized spacial score (nSPS) is 17.8. The van der Waals surface area contributed by atoms with Crippen LogP contribution in [0.1, 0.15) is 6.42 Å². The molecule has 22 heavy (non-hydrogen) atoms. The summed E-state index contributed by atoms with van der Waals surface area (Å²) in [5.74, 6) is -1.49. The van der Waals surface area contributed by atoms with E-state index in [2.05, 4.69) is 10.4 Å². The topological polar surface area (TPSA) is 67.2 Å². The van der Waals surface area contributed by atoms with Crippen LogP contribution in [0.3, 0.4) is 0 Å². The Morgan fingerprint density at radius 2 is 2.18 bits per heavy atom. The first-order valence-electron chi connectivity index (χ1n) is 6.89. The van der Waals surface area contributed by atoms with Gasteiger partial charge >= 0.3 is 0 Å². The maximum Gasteiger partial charge on any atom is 0.229 e. The molecule has 1 N–H and O–H groups in total. The molecular weight excluding hydrogens is 287 g/mol. The molecule has 0 radical (unpaired) electrons. The molecule has 1 saturated heterocycles. The summed E-state index contributed by atoms with van der Waals surface area (Å²) in [6.45, 7) is 0.172. The molecule has 0 unspecified atom stereocenters. The van der Waals surface area contributed by atoms with Crippen LogP contribution in [0.15, 0.2) is 36.7 Å². The van der Waals surface area contributed by atoms with E-state index in [0.717, 1.165) is 0 Å². The molecule has 0 aliphatic carbocycles. The Morgan fingerprint density at radius 1 is 1.41 bits per heavy atom. The van der Waals surface area contributed by atoms with Crippen molar-refractivity contribution in [3.63, 3.8) is 0 Å². The van der Waals surface area contributed by atoms with Gasteiger partial charge in [-0.25, -0.2) is 4.39 Å². The number of amides is 2. The number of carbonyl (C=O) groups excluding carboxylic acids is 2. The third kappa shape index (κ3) is 2.69. The summed E-state index contributed by atoms with van der Waals surface area (Å²) in [7, 11) is 1.74. The van der Waals surface area contributed by atoms with Crippen molar-refractivity contribution in [2.45, 2.75) is 6.42 Å². The van der Waals surface area contributed by atoms with E-state index in [0.29, 0.717) is 5.69 Å². The van der Waals surface area contributed by atoms with E-state index in [1.807, 2.05) is 0 Å². The number of carbonyl (C=O) groups is 2.